The first kappa shape index (κ1) is 12.9. The van der Waals surface area contributed by atoms with Crippen molar-refractivity contribution in [3.8, 4) is 0 Å². The Hall–Kier alpha value is -0.120. The minimum atomic E-state index is -0.761. The van der Waals surface area contributed by atoms with Gasteiger partial charge in [0.2, 0.25) is 0 Å². The molecule has 3 heteroatoms. The molecule has 0 aliphatic carbocycles. The van der Waals surface area contributed by atoms with Crippen molar-refractivity contribution in [2.75, 3.05) is 13.2 Å². The van der Waals surface area contributed by atoms with Crippen LogP contribution in [0.1, 0.15) is 52.4 Å². The van der Waals surface area contributed by atoms with Crippen LogP contribution in [0, 0.1) is 0 Å². The highest BCUT2D eigenvalue weighted by Gasteiger charge is 2.39. The quantitative estimate of drug-likeness (QED) is 0.710. The predicted molar refractivity (Wildman–Crippen MR) is 59.7 cm³/mol. The summed E-state index contributed by atoms with van der Waals surface area (Å²) in [7, 11) is 0. The number of hydrogen-bond donors (Lipinski definition) is 1. The van der Waals surface area contributed by atoms with Crippen LogP contribution in [0.4, 0.5) is 0 Å². The van der Waals surface area contributed by atoms with Gasteiger partial charge >= 0.3 is 0 Å². The Morgan fingerprint density at radius 1 is 1.07 bits per heavy atom. The van der Waals surface area contributed by atoms with E-state index < -0.39 is 11.9 Å². The molecule has 0 saturated carbocycles. The number of hydrogen-bond acceptors (Lipinski definition) is 3. The SMILES string of the molecule is CCCCC(O)(CCCC)C1OCCO1. The minimum Gasteiger partial charge on any atom is -0.385 e. The summed E-state index contributed by atoms with van der Waals surface area (Å²) >= 11 is 0. The van der Waals surface area contributed by atoms with Crippen molar-refractivity contribution >= 4 is 0 Å². The summed E-state index contributed by atoms with van der Waals surface area (Å²) in [5.41, 5.74) is -0.761. The van der Waals surface area contributed by atoms with E-state index in [0.29, 0.717) is 13.2 Å². The van der Waals surface area contributed by atoms with Gasteiger partial charge in [-0.25, -0.2) is 0 Å². The van der Waals surface area contributed by atoms with Crippen molar-refractivity contribution in [3.63, 3.8) is 0 Å². The molecule has 1 N–H and O–H groups in total. The van der Waals surface area contributed by atoms with Gasteiger partial charge in [-0.1, -0.05) is 39.5 Å². The molecule has 0 radical (unpaired) electrons. The third-order valence-electron chi connectivity index (χ3n) is 2.99. The summed E-state index contributed by atoms with van der Waals surface area (Å²) < 4.78 is 10.9. The van der Waals surface area contributed by atoms with E-state index in [1.165, 1.54) is 0 Å². The highest BCUT2D eigenvalue weighted by Crippen LogP contribution is 2.30. The van der Waals surface area contributed by atoms with Crippen LogP contribution in [-0.2, 0) is 9.47 Å². The summed E-state index contributed by atoms with van der Waals surface area (Å²) in [5.74, 6) is 0. The van der Waals surface area contributed by atoms with Gasteiger partial charge in [0.15, 0.2) is 6.29 Å². The van der Waals surface area contributed by atoms with Crippen LogP contribution in [0.25, 0.3) is 0 Å². The van der Waals surface area contributed by atoms with Crippen molar-refractivity contribution in [1.82, 2.24) is 0 Å². The molecule has 0 amide bonds. The molecule has 0 unspecified atom stereocenters. The summed E-state index contributed by atoms with van der Waals surface area (Å²) in [6, 6.07) is 0. The van der Waals surface area contributed by atoms with E-state index in [2.05, 4.69) is 13.8 Å². The van der Waals surface area contributed by atoms with Crippen molar-refractivity contribution in [3.05, 3.63) is 0 Å². The van der Waals surface area contributed by atoms with Crippen LogP contribution < -0.4 is 0 Å². The van der Waals surface area contributed by atoms with E-state index >= 15 is 0 Å². The molecule has 90 valence electrons. The van der Waals surface area contributed by atoms with E-state index in [-0.39, 0.29) is 0 Å². The Balaban J connectivity index is 2.48. The molecule has 3 nitrogen and oxygen atoms in total. The second-order valence-electron chi connectivity index (χ2n) is 4.38. The van der Waals surface area contributed by atoms with Gasteiger partial charge in [-0.15, -0.1) is 0 Å². The van der Waals surface area contributed by atoms with Crippen molar-refractivity contribution in [1.29, 1.82) is 0 Å². The molecule has 0 bridgehead atoms. The molecular formula is C12H24O3. The molecule has 0 aromatic heterocycles. The van der Waals surface area contributed by atoms with Crippen molar-refractivity contribution < 1.29 is 14.6 Å². The Morgan fingerprint density at radius 3 is 1.93 bits per heavy atom. The van der Waals surface area contributed by atoms with Crippen molar-refractivity contribution in [2.24, 2.45) is 0 Å². The molecule has 1 aliphatic rings. The van der Waals surface area contributed by atoms with Gasteiger partial charge < -0.3 is 14.6 Å². The van der Waals surface area contributed by atoms with Gasteiger partial charge in [0.05, 0.1) is 13.2 Å². The maximum Gasteiger partial charge on any atom is 0.186 e. The first-order valence-electron chi connectivity index (χ1n) is 6.18. The van der Waals surface area contributed by atoms with Crippen LogP contribution >= 0.6 is 0 Å². The molecule has 1 saturated heterocycles. The molecule has 1 rings (SSSR count). The average molecular weight is 216 g/mol. The topological polar surface area (TPSA) is 38.7 Å². The third-order valence-corrected chi connectivity index (χ3v) is 2.99. The van der Waals surface area contributed by atoms with Gasteiger partial charge in [-0.2, -0.15) is 0 Å². The van der Waals surface area contributed by atoms with Gasteiger partial charge in [-0.3, -0.25) is 0 Å². The molecule has 1 heterocycles. The van der Waals surface area contributed by atoms with Crippen LogP contribution in [0.3, 0.4) is 0 Å². The zero-order chi connectivity index (χ0) is 11.1. The lowest BCUT2D eigenvalue weighted by Gasteiger charge is -2.32. The first-order chi connectivity index (χ1) is 7.23. The Bertz CT molecular complexity index is 156. The highest BCUT2D eigenvalue weighted by atomic mass is 16.7. The summed E-state index contributed by atoms with van der Waals surface area (Å²) in [5, 5.41) is 10.5. The number of unbranched alkanes of at least 4 members (excludes halogenated alkanes) is 2. The average Bonchev–Trinajstić information content (AvgIpc) is 2.77. The van der Waals surface area contributed by atoms with Crippen LogP contribution in [0.15, 0.2) is 0 Å². The Kier molecular flexibility index (Phi) is 5.58. The molecule has 0 aromatic rings. The molecule has 0 spiro atoms. The van der Waals surface area contributed by atoms with Gasteiger partial charge in [-0.05, 0) is 12.8 Å². The van der Waals surface area contributed by atoms with Gasteiger partial charge in [0.1, 0.15) is 5.60 Å². The molecule has 15 heavy (non-hydrogen) atoms. The van der Waals surface area contributed by atoms with Gasteiger partial charge in [0.25, 0.3) is 0 Å². The maximum atomic E-state index is 10.5. The molecule has 0 aromatic carbocycles. The van der Waals surface area contributed by atoms with E-state index in [1.807, 2.05) is 0 Å². The van der Waals surface area contributed by atoms with E-state index in [0.717, 1.165) is 38.5 Å². The summed E-state index contributed by atoms with van der Waals surface area (Å²) in [6.07, 6.45) is 5.44. The molecular weight excluding hydrogens is 192 g/mol. The zero-order valence-electron chi connectivity index (χ0n) is 10.00. The first-order valence-corrected chi connectivity index (χ1v) is 6.18. The zero-order valence-corrected chi connectivity index (χ0v) is 10.00. The maximum absolute atomic E-state index is 10.5. The van der Waals surface area contributed by atoms with Crippen LogP contribution in [0.2, 0.25) is 0 Å². The normalized spacial score (nSPS) is 18.6. The van der Waals surface area contributed by atoms with E-state index in [1.54, 1.807) is 0 Å². The smallest absolute Gasteiger partial charge is 0.186 e. The fourth-order valence-electron chi connectivity index (χ4n) is 2.00. The highest BCUT2D eigenvalue weighted by molar-refractivity contribution is 4.84. The number of rotatable bonds is 7. The number of ether oxygens (including phenoxy) is 2. The second kappa shape index (κ2) is 6.46. The predicted octanol–water partition coefficient (Wildman–Crippen LogP) is 2.47. The lowest BCUT2D eigenvalue weighted by atomic mass is 9.90. The lowest BCUT2D eigenvalue weighted by molar-refractivity contribution is -0.188. The second-order valence-corrected chi connectivity index (χ2v) is 4.38. The fourth-order valence-corrected chi connectivity index (χ4v) is 2.00. The fraction of sp³-hybridized carbons (Fsp3) is 1.00. The molecule has 0 atom stereocenters. The third kappa shape index (κ3) is 3.74. The van der Waals surface area contributed by atoms with Crippen LogP contribution in [-0.4, -0.2) is 30.2 Å². The summed E-state index contributed by atoms with van der Waals surface area (Å²) in [4.78, 5) is 0. The standard InChI is InChI=1S/C12H24O3/c1-3-5-7-12(13,8-6-4-2)11-14-9-10-15-11/h11,13H,3-10H2,1-2H3. The van der Waals surface area contributed by atoms with Crippen LogP contribution in [0.5, 0.6) is 0 Å². The van der Waals surface area contributed by atoms with E-state index in [4.69, 9.17) is 9.47 Å². The molecule has 1 fully saturated rings. The van der Waals surface area contributed by atoms with Gasteiger partial charge in [0, 0.05) is 0 Å². The molecule has 1 aliphatic heterocycles. The van der Waals surface area contributed by atoms with Crippen molar-refractivity contribution in [2.45, 2.75) is 64.3 Å². The Labute approximate surface area is 92.8 Å². The lowest BCUT2D eigenvalue weighted by Crippen LogP contribution is -2.43. The monoisotopic (exact) mass is 216 g/mol. The minimum absolute atomic E-state index is 0.393. The van der Waals surface area contributed by atoms with E-state index in [9.17, 15) is 5.11 Å². The summed E-state index contributed by atoms with van der Waals surface area (Å²) in [6.45, 7) is 5.50. The largest absolute Gasteiger partial charge is 0.385 e. The Morgan fingerprint density at radius 2 is 1.53 bits per heavy atom. The number of aliphatic hydroxyl groups is 1.